The fourth-order valence-electron chi connectivity index (χ4n) is 3.27. The van der Waals surface area contributed by atoms with Gasteiger partial charge in [-0.25, -0.2) is 9.18 Å². The maximum Gasteiger partial charge on any atom is 0.411 e. The van der Waals surface area contributed by atoms with Crippen LogP contribution in [0.3, 0.4) is 0 Å². The first-order chi connectivity index (χ1) is 11.8. The number of morpholine rings is 1. The molecule has 2 unspecified atom stereocenters. The smallest absolute Gasteiger partial charge is 0.411 e. The van der Waals surface area contributed by atoms with Crippen molar-refractivity contribution in [3.63, 3.8) is 0 Å². The van der Waals surface area contributed by atoms with Crippen molar-refractivity contribution in [1.82, 2.24) is 4.90 Å². The topological polar surface area (TPSA) is 48.0 Å². The molecule has 0 radical (unpaired) electrons. The number of hydrogen-bond acceptors (Lipinski definition) is 4. The van der Waals surface area contributed by atoms with E-state index >= 15 is 0 Å². The highest BCUT2D eigenvalue weighted by molar-refractivity contribution is 5.75. The number of carbonyl (C=O) groups is 1. The second kappa shape index (κ2) is 6.67. The molecular weight excluding hydrogens is 325 g/mol. The number of rotatable bonds is 2. The van der Waals surface area contributed by atoms with Crippen LogP contribution in [0.1, 0.15) is 32.8 Å². The second-order valence-corrected chi connectivity index (χ2v) is 7.39. The lowest BCUT2D eigenvalue weighted by Gasteiger charge is -2.44. The summed E-state index contributed by atoms with van der Waals surface area (Å²) < 4.78 is 29.9. The number of halogens is 1. The molecule has 1 aromatic carbocycles. The summed E-state index contributed by atoms with van der Waals surface area (Å²) in [5.41, 5.74) is 1.43. The van der Waals surface area contributed by atoms with Gasteiger partial charge in [-0.2, -0.15) is 0 Å². The number of benzene rings is 1. The zero-order valence-corrected chi connectivity index (χ0v) is 15.0. The predicted octanol–water partition coefficient (Wildman–Crippen LogP) is 3.63. The Morgan fingerprint density at radius 1 is 1.32 bits per heavy atom. The lowest BCUT2D eigenvalue weighted by molar-refractivity contribution is -0.0510. The number of ether oxygens (including phenoxy) is 3. The van der Waals surface area contributed by atoms with Crippen molar-refractivity contribution in [3.05, 3.63) is 35.7 Å². The van der Waals surface area contributed by atoms with Crippen molar-refractivity contribution < 1.29 is 23.4 Å². The Bertz CT molecular complexity index is 695. The minimum atomic E-state index is -0.541. The zero-order valence-electron chi connectivity index (χ0n) is 15.0. The quantitative estimate of drug-likeness (QED) is 0.818. The molecule has 2 bridgehead atoms. The number of methoxy groups -OCH3 is 1. The standard InChI is InChI=1S/C19H24FNO4/c1-19(2,3)25-18(22)21-14-7-13(8-15(21)11-24-10-14)12-5-6-16(20)17(9-12)23-4/h5-7,9,14-15H,8,10-11H2,1-4H3. The van der Waals surface area contributed by atoms with E-state index in [2.05, 4.69) is 0 Å². The molecule has 6 heteroatoms. The summed E-state index contributed by atoms with van der Waals surface area (Å²) in [5, 5.41) is 0. The molecule has 136 valence electrons. The molecular formula is C19H24FNO4. The molecule has 3 rings (SSSR count). The molecule has 0 aromatic heterocycles. The molecule has 1 aromatic rings. The van der Waals surface area contributed by atoms with Crippen LogP contribution in [0.4, 0.5) is 9.18 Å². The molecule has 1 amide bonds. The Morgan fingerprint density at radius 2 is 2.08 bits per heavy atom. The van der Waals surface area contributed by atoms with Gasteiger partial charge in [0.2, 0.25) is 0 Å². The fourth-order valence-corrected chi connectivity index (χ4v) is 3.27. The maximum atomic E-state index is 13.7. The Kier molecular flexibility index (Phi) is 4.73. The maximum absolute atomic E-state index is 13.7. The molecule has 0 saturated carbocycles. The molecule has 2 heterocycles. The molecule has 0 spiro atoms. The van der Waals surface area contributed by atoms with Gasteiger partial charge in [-0.15, -0.1) is 0 Å². The van der Waals surface area contributed by atoms with Crippen molar-refractivity contribution in [2.75, 3.05) is 20.3 Å². The van der Waals surface area contributed by atoms with Crippen molar-refractivity contribution in [3.8, 4) is 5.75 Å². The minimum absolute atomic E-state index is 0.0929. The van der Waals surface area contributed by atoms with Gasteiger partial charge in [0.1, 0.15) is 5.60 Å². The monoisotopic (exact) mass is 349 g/mol. The summed E-state index contributed by atoms with van der Waals surface area (Å²) >= 11 is 0. The van der Waals surface area contributed by atoms with Crippen LogP contribution < -0.4 is 4.74 Å². The molecule has 0 N–H and O–H groups in total. The highest BCUT2D eigenvalue weighted by atomic mass is 19.1. The third kappa shape index (κ3) is 3.79. The minimum Gasteiger partial charge on any atom is -0.494 e. The summed E-state index contributed by atoms with van der Waals surface area (Å²) in [4.78, 5) is 14.3. The lowest BCUT2D eigenvalue weighted by Crippen LogP contribution is -2.57. The first kappa shape index (κ1) is 17.7. The summed E-state index contributed by atoms with van der Waals surface area (Å²) in [6.07, 6.45) is 2.31. The van der Waals surface area contributed by atoms with E-state index in [9.17, 15) is 9.18 Å². The zero-order chi connectivity index (χ0) is 18.2. The highest BCUT2D eigenvalue weighted by Crippen LogP contribution is 2.35. The van der Waals surface area contributed by atoms with Crippen molar-refractivity contribution in [2.24, 2.45) is 0 Å². The van der Waals surface area contributed by atoms with Crippen LogP contribution >= 0.6 is 0 Å². The first-order valence-electron chi connectivity index (χ1n) is 8.42. The fraction of sp³-hybridized carbons (Fsp3) is 0.526. The van der Waals surface area contributed by atoms with E-state index in [1.54, 1.807) is 17.0 Å². The predicted molar refractivity (Wildman–Crippen MR) is 92.0 cm³/mol. The van der Waals surface area contributed by atoms with Gasteiger partial charge in [0.25, 0.3) is 0 Å². The summed E-state index contributed by atoms with van der Waals surface area (Å²) in [6, 6.07) is 4.56. The molecule has 1 saturated heterocycles. The third-order valence-corrected chi connectivity index (χ3v) is 4.32. The summed E-state index contributed by atoms with van der Waals surface area (Å²) in [6.45, 7) is 6.45. The normalized spacial score (nSPS) is 23.1. The largest absolute Gasteiger partial charge is 0.494 e. The van der Waals surface area contributed by atoms with Gasteiger partial charge in [-0.05, 0) is 50.5 Å². The summed E-state index contributed by atoms with van der Waals surface area (Å²) in [7, 11) is 1.45. The van der Waals surface area contributed by atoms with Gasteiger partial charge >= 0.3 is 6.09 Å². The number of nitrogens with zero attached hydrogens (tertiary/aromatic N) is 1. The SMILES string of the molecule is COc1cc(C2=CC3COCC(C2)N3C(=O)OC(C)(C)C)ccc1F. The number of carbonyl (C=O) groups excluding carboxylic acids is 1. The van der Waals surface area contributed by atoms with Gasteiger partial charge in [0, 0.05) is 0 Å². The number of amides is 1. The van der Waals surface area contributed by atoms with E-state index in [1.807, 2.05) is 26.8 Å². The van der Waals surface area contributed by atoms with E-state index in [0.29, 0.717) is 19.6 Å². The van der Waals surface area contributed by atoms with Gasteiger partial charge in [0.05, 0.1) is 32.4 Å². The lowest BCUT2D eigenvalue weighted by atomic mass is 9.90. The van der Waals surface area contributed by atoms with Crippen molar-refractivity contribution in [2.45, 2.75) is 44.9 Å². The van der Waals surface area contributed by atoms with E-state index < -0.39 is 5.60 Å². The van der Waals surface area contributed by atoms with Crippen LogP contribution in [0, 0.1) is 5.82 Å². The van der Waals surface area contributed by atoms with Crippen LogP contribution in [0.5, 0.6) is 5.75 Å². The third-order valence-electron chi connectivity index (χ3n) is 4.32. The van der Waals surface area contributed by atoms with Gasteiger partial charge in [-0.1, -0.05) is 12.1 Å². The second-order valence-electron chi connectivity index (χ2n) is 7.39. The van der Waals surface area contributed by atoms with E-state index in [1.165, 1.54) is 13.2 Å². The van der Waals surface area contributed by atoms with Crippen LogP contribution in [-0.4, -0.2) is 49.0 Å². The average molecular weight is 349 g/mol. The van der Waals surface area contributed by atoms with Crippen molar-refractivity contribution >= 4 is 11.7 Å². The van der Waals surface area contributed by atoms with Crippen LogP contribution in [0.2, 0.25) is 0 Å². The molecule has 1 fully saturated rings. The van der Waals surface area contributed by atoms with E-state index in [0.717, 1.165) is 11.1 Å². The van der Waals surface area contributed by atoms with Gasteiger partial charge in [0.15, 0.2) is 11.6 Å². The Balaban J connectivity index is 1.87. The summed E-state index contributed by atoms with van der Waals surface area (Å²) in [5.74, 6) is -0.170. The van der Waals surface area contributed by atoms with Crippen LogP contribution in [0.25, 0.3) is 5.57 Å². The molecule has 0 aliphatic carbocycles. The van der Waals surface area contributed by atoms with Crippen LogP contribution in [-0.2, 0) is 9.47 Å². The highest BCUT2D eigenvalue weighted by Gasteiger charge is 2.40. The van der Waals surface area contributed by atoms with E-state index in [-0.39, 0.29) is 29.7 Å². The molecule has 2 aliphatic rings. The first-order valence-corrected chi connectivity index (χ1v) is 8.42. The molecule has 5 nitrogen and oxygen atoms in total. The molecule has 2 atom stereocenters. The Labute approximate surface area is 147 Å². The van der Waals surface area contributed by atoms with E-state index in [4.69, 9.17) is 14.2 Å². The number of hydrogen-bond donors (Lipinski definition) is 0. The van der Waals surface area contributed by atoms with Gasteiger partial charge in [-0.3, -0.25) is 4.90 Å². The van der Waals surface area contributed by atoms with Crippen LogP contribution in [0.15, 0.2) is 24.3 Å². The average Bonchev–Trinajstić information content (AvgIpc) is 2.52. The molecule has 25 heavy (non-hydrogen) atoms. The Hall–Kier alpha value is -2.08. The van der Waals surface area contributed by atoms with Gasteiger partial charge < -0.3 is 14.2 Å². The van der Waals surface area contributed by atoms with Crippen molar-refractivity contribution in [1.29, 1.82) is 0 Å². The molecule has 2 aliphatic heterocycles. The number of fused-ring (bicyclic) bond motifs is 2. The Morgan fingerprint density at radius 3 is 2.72 bits per heavy atom.